The second kappa shape index (κ2) is 11.4. The first kappa shape index (κ1) is 25.5. The van der Waals surface area contributed by atoms with E-state index in [9.17, 15) is 5.21 Å². The topological polar surface area (TPSA) is 82.3 Å². The van der Waals surface area contributed by atoms with Gasteiger partial charge in [0.25, 0.3) is 0 Å². The predicted octanol–water partition coefficient (Wildman–Crippen LogP) is 5.75. The number of allylic oxidation sites excluding steroid dienone is 2. The fraction of sp³-hybridized carbons (Fsp3) is 0.400. The summed E-state index contributed by atoms with van der Waals surface area (Å²) in [7, 11) is 2.03. The van der Waals surface area contributed by atoms with Crippen molar-refractivity contribution in [3.8, 4) is 11.4 Å². The molecule has 0 aliphatic carbocycles. The van der Waals surface area contributed by atoms with E-state index in [1.807, 2.05) is 24.4 Å². The maximum Gasteiger partial charge on any atom is 0.223 e. The van der Waals surface area contributed by atoms with Crippen molar-refractivity contribution in [2.45, 2.75) is 44.3 Å². The number of hydrogen-bond donors (Lipinski definition) is 2. The molecule has 1 unspecified atom stereocenters. The smallest absolute Gasteiger partial charge is 0.223 e. The molecule has 0 spiro atoms. The van der Waals surface area contributed by atoms with Crippen LogP contribution in [0.4, 0.5) is 11.6 Å². The third-order valence-corrected chi connectivity index (χ3v) is 7.06. The number of nitrogens with zero attached hydrogens (tertiary/aromatic N) is 6. The first-order chi connectivity index (χ1) is 16.9. The summed E-state index contributed by atoms with van der Waals surface area (Å²) in [5, 5.41) is 18.9. The molecule has 1 fully saturated rings. The van der Waals surface area contributed by atoms with Crippen LogP contribution in [0.3, 0.4) is 0 Å². The Kier molecular flexibility index (Phi) is 8.33. The van der Waals surface area contributed by atoms with Crippen LogP contribution >= 0.6 is 23.4 Å². The summed E-state index contributed by atoms with van der Waals surface area (Å²) in [4.78, 5) is 14.2. The van der Waals surface area contributed by atoms with Crippen LogP contribution in [0.25, 0.3) is 17.0 Å². The van der Waals surface area contributed by atoms with Crippen LogP contribution in [0, 0.1) is 0 Å². The zero-order valence-corrected chi connectivity index (χ0v) is 22.1. The zero-order chi connectivity index (χ0) is 24.9. The Balaban J connectivity index is 1.54. The van der Waals surface area contributed by atoms with Crippen LogP contribution in [0.1, 0.15) is 38.8 Å². The van der Waals surface area contributed by atoms with Gasteiger partial charge < -0.3 is 9.88 Å². The van der Waals surface area contributed by atoms with E-state index < -0.39 is 0 Å². The third kappa shape index (κ3) is 5.81. The molecule has 1 aliphatic rings. The van der Waals surface area contributed by atoms with Crippen molar-refractivity contribution in [2.75, 3.05) is 29.8 Å². The van der Waals surface area contributed by atoms with Crippen LogP contribution in [0.15, 0.2) is 47.8 Å². The van der Waals surface area contributed by atoms with E-state index in [0.717, 1.165) is 53.6 Å². The van der Waals surface area contributed by atoms with Gasteiger partial charge in [0, 0.05) is 37.4 Å². The predicted molar refractivity (Wildman–Crippen MR) is 144 cm³/mol. The van der Waals surface area contributed by atoms with Gasteiger partial charge in [-0.1, -0.05) is 36.4 Å². The number of halogens is 1. The Bertz CT molecular complexity index is 1180. The maximum absolute atomic E-state index is 10.7. The van der Waals surface area contributed by atoms with E-state index in [-0.39, 0.29) is 6.04 Å². The number of rotatable bonds is 8. The molecular weight excluding hydrogens is 482 g/mol. The van der Waals surface area contributed by atoms with Crippen molar-refractivity contribution in [1.82, 2.24) is 24.5 Å². The lowest BCUT2D eigenvalue weighted by Gasteiger charge is -2.37. The van der Waals surface area contributed by atoms with Crippen molar-refractivity contribution in [3.05, 3.63) is 53.3 Å². The molecule has 0 radical (unpaired) electrons. The largest absolute Gasteiger partial charge is 0.350 e. The van der Waals surface area contributed by atoms with Crippen molar-refractivity contribution in [3.63, 3.8) is 0 Å². The normalized spacial score (nSPS) is 17.0. The summed E-state index contributed by atoms with van der Waals surface area (Å²) in [6.45, 7) is 5.61. The van der Waals surface area contributed by atoms with Gasteiger partial charge in [0.1, 0.15) is 0 Å². The highest BCUT2D eigenvalue weighted by Gasteiger charge is 2.25. The second-order valence-electron chi connectivity index (χ2n) is 8.58. The van der Waals surface area contributed by atoms with Gasteiger partial charge in [-0.2, -0.15) is 10.2 Å². The van der Waals surface area contributed by atoms with Gasteiger partial charge in [0.15, 0.2) is 5.16 Å². The summed E-state index contributed by atoms with van der Waals surface area (Å²) in [5.74, 6) is 0.570. The zero-order valence-electron chi connectivity index (χ0n) is 20.6. The minimum absolute atomic E-state index is 0.0930. The van der Waals surface area contributed by atoms with E-state index in [2.05, 4.69) is 34.8 Å². The Hall–Kier alpha value is -2.59. The number of hydrazine groups is 1. The van der Waals surface area contributed by atoms with E-state index >= 15 is 0 Å². The highest BCUT2D eigenvalue weighted by Crippen LogP contribution is 2.31. The Morgan fingerprint density at radius 3 is 2.77 bits per heavy atom. The number of imidazole rings is 1. The van der Waals surface area contributed by atoms with Crippen molar-refractivity contribution < 1.29 is 5.21 Å². The number of piperidine rings is 1. The summed E-state index contributed by atoms with van der Waals surface area (Å²) in [6, 6.07) is 9.16. The Labute approximate surface area is 216 Å². The second-order valence-corrected chi connectivity index (χ2v) is 9.79. The molecule has 3 heterocycles. The van der Waals surface area contributed by atoms with Crippen molar-refractivity contribution in [1.29, 1.82) is 0 Å². The Morgan fingerprint density at radius 2 is 2.06 bits per heavy atom. The molecule has 0 amide bonds. The fourth-order valence-electron chi connectivity index (χ4n) is 4.36. The molecule has 10 heteroatoms. The van der Waals surface area contributed by atoms with Gasteiger partial charge >= 0.3 is 0 Å². The molecule has 1 saturated heterocycles. The molecule has 4 rings (SSSR count). The lowest BCUT2D eigenvalue weighted by molar-refractivity contribution is 0.0466. The van der Waals surface area contributed by atoms with Gasteiger partial charge in [-0.25, -0.2) is 15.0 Å². The standard InChI is InChI=1S/C25H32ClN7OS/c1-5-7-17(2)22-23(31(3)25(30-22)35-4)21-13-14-27-24(29-21)28-19-8-6-15-32(16-19)33(34)20-11-9-18(26)10-12-20/h7,9-14,19,34H,5-6,8,15-16H2,1-4H3,(H,27,28,29)/b17-7+. The van der Waals surface area contributed by atoms with Crippen molar-refractivity contribution >= 4 is 40.6 Å². The first-order valence-corrected chi connectivity index (χ1v) is 13.4. The van der Waals surface area contributed by atoms with Crippen molar-refractivity contribution in [2.24, 2.45) is 7.05 Å². The average Bonchev–Trinajstić information content (AvgIpc) is 3.21. The minimum Gasteiger partial charge on any atom is -0.350 e. The molecule has 1 atom stereocenters. The lowest BCUT2D eigenvalue weighted by Crippen LogP contribution is -2.50. The van der Waals surface area contributed by atoms with Crippen LogP contribution < -0.4 is 10.5 Å². The molecule has 1 aliphatic heterocycles. The molecule has 2 N–H and O–H groups in total. The highest BCUT2D eigenvalue weighted by atomic mass is 35.5. The first-order valence-electron chi connectivity index (χ1n) is 11.8. The van der Waals surface area contributed by atoms with Crippen LogP contribution in [0.2, 0.25) is 5.02 Å². The van der Waals surface area contributed by atoms with E-state index in [1.165, 1.54) is 5.17 Å². The minimum atomic E-state index is 0.0930. The van der Waals surface area contributed by atoms with Crippen LogP contribution in [-0.2, 0) is 7.05 Å². The number of anilines is 2. The molecule has 186 valence electrons. The van der Waals surface area contributed by atoms with Gasteiger partial charge in [0.05, 0.1) is 22.8 Å². The number of aromatic nitrogens is 4. The lowest BCUT2D eigenvalue weighted by atomic mass is 10.1. The summed E-state index contributed by atoms with van der Waals surface area (Å²) < 4.78 is 2.09. The summed E-state index contributed by atoms with van der Waals surface area (Å²) in [5.41, 5.74) is 4.58. The molecule has 0 saturated carbocycles. The highest BCUT2D eigenvalue weighted by molar-refractivity contribution is 7.98. The van der Waals surface area contributed by atoms with Gasteiger partial charge in [-0.05, 0) is 68.3 Å². The summed E-state index contributed by atoms with van der Waals surface area (Å²) >= 11 is 7.61. The SMILES string of the molecule is CC/C=C(\C)c1nc(SC)n(C)c1-c1ccnc(NC2CCCN(N(O)c3ccc(Cl)cc3)C2)n1. The molecule has 8 nitrogen and oxygen atoms in total. The van der Waals surface area contributed by atoms with Gasteiger partial charge in [-0.15, -0.1) is 0 Å². The van der Waals surface area contributed by atoms with E-state index in [4.69, 9.17) is 21.6 Å². The van der Waals surface area contributed by atoms with Crippen LogP contribution in [0.5, 0.6) is 0 Å². The van der Waals surface area contributed by atoms with E-state index in [0.29, 0.717) is 23.2 Å². The average molecular weight is 514 g/mol. The molecule has 35 heavy (non-hydrogen) atoms. The van der Waals surface area contributed by atoms with Crippen LogP contribution in [-0.4, -0.2) is 55.1 Å². The number of nitrogens with one attached hydrogen (secondary N) is 1. The Morgan fingerprint density at radius 1 is 1.29 bits per heavy atom. The molecular formula is C25H32ClN7OS. The summed E-state index contributed by atoms with van der Waals surface area (Å²) in [6.07, 6.45) is 8.85. The van der Waals surface area contributed by atoms with Gasteiger partial charge in [-0.3, -0.25) is 5.21 Å². The number of benzene rings is 1. The molecule has 2 aromatic heterocycles. The number of hydrogen-bond acceptors (Lipinski definition) is 8. The molecule has 1 aromatic carbocycles. The maximum atomic E-state index is 10.7. The fourth-order valence-corrected chi connectivity index (χ4v) is 5.03. The number of thioether (sulfide) groups is 1. The van der Waals surface area contributed by atoms with Gasteiger partial charge in [0.2, 0.25) is 5.95 Å². The quantitative estimate of drug-likeness (QED) is 0.291. The monoisotopic (exact) mass is 513 g/mol. The molecule has 0 bridgehead atoms. The molecule has 3 aromatic rings. The third-order valence-electron chi connectivity index (χ3n) is 6.08. The van der Waals surface area contributed by atoms with E-state index in [1.54, 1.807) is 42.2 Å².